The third-order valence-electron chi connectivity index (χ3n) is 4.38. The molecule has 27 heavy (non-hydrogen) atoms. The van der Waals surface area contributed by atoms with E-state index < -0.39 is 0 Å². The van der Waals surface area contributed by atoms with Gasteiger partial charge in [-0.3, -0.25) is 4.79 Å². The lowest BCUT2D eigenvalue weighted by atomic mass is 10.2. The molecule has 0 fully saturated rings. The Labute approximate surface area is 161 Å². The zero-order valence-electron chi connectivity index (χ0n) is 15.0. The van der Waals surface area contributed by atoms with Crippen LogP contribution in [0.1, 0.15) is 5.69 Å². The van der Waals surface area contributed by atoms with Crippen molar-refractivity contribution in [3.05, 3.63) is 66.1 Å². The van der Waals surface area contributed by atoms with Crippen LogP contribution in [0.3, 0.4) is 0 Å². The van der Waals surface area contributed by atoms with Gasteiger partial charge in [0.2, 0.25) is 5.91 Å². The van der Waals surface area contributed by atoms with Crippen LogP contribution in [0.2, 0.25) is 0 Å². The van der Waals surface area contributed by atoms with E-state index in [4.69, 9.17) is 4.74 Å². The fourth-order valence-electron chi connectivity index (χ4n) is 3.07. The number of hydrogen-bond acceptors (Lipinski definition) is 4. The fourth-order valence-corrected chi connectivity index (χ4v) is 3.86. The van der Waals surface area contributed by atoms with E-state index in [2.05, 4.69) is 20.9 Å². The SMILES string of the molecule is COc1cccc2c1ccn2CCNC(=O)Cc1csc(-n2cccc2)n1. The number of fused-ring (bicyclic) bond motifs is 1. The molecule has 4 rings (SSSR count). The van der Waals surface area contributed by atoms with E-state index in [1.807, 2.05) is 58.9 Å². The number of nitrogens with one attached hydrogen (secondary N) is 1. The number of rotatable bonds is 7. The zero-order valence-corrected chi connectivity index (χ0v) is 15.8. The molecule has 0 unspecified atom stereocenters. The Kier molecular flexibility index (Phi) is 4.93. The number of aromatic nitrogens is 3. The molecule has 7 heteroatoms. The first-order chi connectivity index (χ1) is 13.2. The molecule has 0 atom stereocenters. The summed E-state index contributed by atoms with van der Waals surface area (Å²) in [6.07, 6.45) is 6.19. The van der Waals surface area contributed by atoms with Crippen molar-refractivity contribution in [3.63, 3.8) is 0 Å². The topological polar surface area (TPSA) is 61.1 Å². The molecule has 3 aromatic heterocycles. The maximum Gasteiger partial charge on any atom is 0.226 e. The van der Waals surface area contributed by atoms with Gasteiger partial charge in [-0.15, -0.1) is 11.3 Å². The molecule has 0 aliphatic heterocycles. The Morgan fingerprint density at radius 2 is 2.04 bits per heavy atom. The summed E-state index contributed by atoms with van der Waals surface area (Å²) in [7, 11) is 1.67. The largest absolute Gasteiger partial charge is 0.496 e. The number of nitrogens with zero attached hydrogens (tertiary/aromatic N) is 3. The lowest BCUT2D eigenvalue weighted by Crippen LogP contribution is -2.28. The van der Waals surface area contributed by atoms with Gasteiger partial charge in [0.05, 0.1) is 24.7 Å². The highest BCUT2D eigenvalue weighted by molar-refractivity contribution is 7.12. The number of methoxy groups -OCH3 is 1. The average Bonchev–Trinajstić information content (AvgIpc) is 3.42. The molecule has 0 spiro atoms. The average molecular weight is 380 g/mol. The van der Waals surface area contributed by atoms with Gasteiger partial charge in [0.25, 0.3) is 0 Å². The molecule has 0 aliphatic carbocycles. The molecular weight excluding hydrogens is 360 g/mol. The lowest BCUT2D eigenvalue weighted by Gasteiger charge is -2.08. The fraction of sp³-hybridized carbons (Fsp3) is 0.200. The summed E-state index contributed by atoms with van der Waals surface area (Å²) < 4.78 is 9.45. The molecule has 1 N–H and O–H groups in total. The molecule has 3 heterocycles. The van der Waals surface area contributed by atoms with E-state index in [1.54, 1.807) is 7.11 Å². The molecule has 0 bridgehead atoms. The van der Waals surface area contributed by atoms with Crippen molar-refractivity contribution in [2.45, 2.75) is 13.0 Å². The molecule has 138 valence electrons. The monoisotopic (exact) mass is 380 g/mol. The number of thiazole rings is 1. The van der Waals surface area contributed by atoms with Crippen LogP contribution in [0.5, 0.6) is 5.75 Å². The third-order valence-corrected chi connectivity index (χ3v) is 5.28. The Morgan fingerprint density at radius 3 is 2.85 bits per heavy atom. The first-order valence-electron chi connectivity index (χ1n) is 8.71. The van der Waals surface area contributed by atoms with E-state index in [0.717, 1.165) is 27.5 Å². The molecule has 0 saturated carbocycles. The molecule has 0 aliphatic rings. The van der Waals surface area contributed by atoms with Crippen LogP contribution in [0.15, 0.2) is 60.4 Å². The summed E-state index contributed by atoms with van der Waals surface area (Å²) in [6.45, 7) is 1.27. The van der Waals surface area contributed by atoms with E-state index in [0.29, 0.717) is 13.1 Å². The van der Waals surface area contributed by atoms with Gasteiger partial charge >= 0.3 is 0 Å². The molecular formula is C20H20N4O2S. The van der Waals surface area contributed by atoms with E-state index in [9.17, 15) is 4.79 Å². The number of amides is 1. The second-order valence-electron chi connectivity index (χ2n) is 6.14. The van der Waals surface area contributed by atoms with Gasteiger partial charge in [-0.2, -0.15) is 0 Å². The second kappa shape index (κ2) is 7.67. The van der Waals surface area contributed by atoms with Crippen LogP contribution < -0.4 is 10.1 Å². The summed E-state index contributed by atoms with van der Waals surface area (Å²) in [5, 5.41) is 6.85. The van der Waals surface area contributed by atoms with Crippen LogP contribution in [0.4, 0.5) is 0 Å². The van der Waals surface area contributed by atoms with Crippen LogP contribution in [-0.2, 0) is 17.8 Å². The minimum atomic E-state index is -0.0200. The van der Waals surface area contributed by atoms with Gasteiger partial charge in [0.15, 0.2) is 5.13 Å². The molecule has 1 amide bonds. The van der Waals surface area contributed by atoms with E-state index >= 15 is 0 Å². The summed E-state index contributed by atoms with van der Waals surface area (Å²) >= 11 is 1.53. The normalized spacial score (nSPS) is 11.0. The third kappa shape index (κ3) is 3.73. The Bertz CT molecular complexity index is 1050. The summed E-state index contributed by atoms with van der Waals surface area (Å²) in [6, 6.07) is 11.9. The molecule has 6 nitrogen and oxygen atoms in total. The minimum absolute atomic E-state index is 0.0200. The van der Waals surface area contributed by atoms with Crippen LogP contribution in [0.25, 0.3) is 16.0 Å². The molecule has 0 saturated heterocycles. The smallest absolute Gasteiger partial charge is 0.226 e. The Hall–Kier alpha value is -3.06. The van der Waals surface area contributed by atoms with Crippen LogP contribution in [0, 0.1) is 0 Å². The van der Waals surface area contributed by atoms with Crippen molar-refractivity contribution in [2.24, 2.45) is 0 Å². The van der Waals surface area contributed by atoms with Crippen molar-refractivity contribution in [2.75, 3.05) is 13.7 Å². The lowest BCUT2D eigenvalue weighted by molar-refractivity contribution is -0.120. The van der Waals surface area contributed by atoms with Gasteiger partial charge < -0.3 is 19.2 Å². The van der Waals surface area contributed by atoms with Gasteiger partial charge in [-0.25, -0.2) is 4.98 Å². The predicted molar refractivity (Wildman–Crippen MR) is 107 cm³/mol. The van der Waals surface area contributed by atoms with Gasteiger partial charge in [0, 0.05) is 42.4 Å². The molecule has 1 aromatic carbocycles. The van der Waals surface area contributed by atoms with E-state index in [1.165, 1.54) is 11.3 Å². The first-order valence-corrected chi connectivity index (χ1v) is 9.59. The van der Waals surface area contributed by atoms with Gasteiger partial charge in [-0.1, -0.05) is 6.07 Å². The predicted octanol–water partition coefficient (Wildman–Crippen LogP) is 3.26. The number of hydrogen-bond donors (Lipinski definition) is 1. The van der Waals surface area contributed by atoms with Crippen molar-refractivity contribution in [1.82, 2.24) is 19.4 Å². The van der Waals surface area contributed by atoms with Crippen molar-refractivity contribution >= 4 is 28.1 Å². The standard InChI is InChI=1S/C20H20N4O2S/c1-26-18-6-4-5-17-16(18)7-11-23(17)12-8-21-19(25)13-15-14-27-20(22-15)24-9-2-3-10-24/h2-7,9-11,14H,8,12-13H2,1H3,(H,21,25). The minimum Gasteiger partial charge on any atom is -0.496 e. The summed E-state index contributed by atoms with van der Waals surface area (Å²) in [4.78, 5) is 16.7. The van der Waals surface area contributed by atoms with Gasteiger partial charge in [-0.05, 0) is 30.3 Å². The highest BCUT2D eigenvalue weighted by Crippen LogP contribution is 2.26. The summed E-state index contributed by atoms with van der Waals surface area (Å²) in [5.74, 6) is 0.839. The number of carbonyl (C=O) groups is 1. The summed E-state index contributed by atoms with van der Waals surface area (Å²) in [5.41, 5.74) is 1.89. The van der Waals surface area contributed by atoms with Crippen molar-refractivity contribution in [1.29, 1.82) is 0 Å². The van der Waals surface area contributed by atoms with Gasteiger partial charge in [0.1, 0.15) is 5.75 Å². The van der Waals surface area contributed by atoms with Crippen molar-refractivity contribution in [3.8, 4) is 10.9 Å². The highest BCUT2D eigenvalue weighted by atomic mass is 32.1. The number of carbonyl (C=O) groups excluding carboxylic acids is 1. The quantitative estimate of drug-likeness (QED) is 0.535. The molecule has 4 aromatic rings. The number of benzene rings is 1. The Balaban J connectivity index is 1.32. The van der Waals surface area contributed by atoms with Crippen molar-refractivity contribution < 1.29 is 9.53 Å². The first kappa shape index (κ1) is 17.4. The maximum atomic E-state index is 12.2. The zero-order chi connectivity index (χ0) is 18.6. The maximum absolute atomic E-state index is 12.2. The second-order valence-corrected chi connectivity index (χ2v) is 6.98. The number of ether oxygens (including phenoxy) is 1. The van der Waals surface area contributed by atoms with Crippen LogP contribution >= 0.6 is 11.3 Å². The molecule has 0 radical (unpaired) electrons. The van der Waals surface area contributed by atoms with Crippen LogP contribution in [-0.4, -0.2) is 33.7 Å². The Morgan fingerprint density at radius 1 is 1.19 bits per heavy atom. The highest BCUT2D eigenvalue weighted by Gasteiger charge is 2.09. The van der Waals surface area contributed by atoms with E-state index in [-0.39, 0.29) is 12.3 Å².